The van der Waals surface area contributed by atoms with Crippen LogP contribution in [-0.2, 0) is 4.74 Å². The molecule has 0 aliphatic heterocycles. The van der Waals surface area contributed by atoms with Gasteiger partial charge in [0.05, 0.1) is 6.61 Å². The molecule has 5 heteroatoms. The van der Waals surface area contributed by atoms with Crippen LogP contribution in [0.25, 0.3) is 0 Å². The highest BCUT2D eigenvalue weighted by atomic mass is 32.1. The Hall–Kier alpha value is 0.100. The maximum Gasteiger partial charge on any atom is 0.414 e. The minimum atomic E-state index is -4.27. The van der Waals surface area contributed by atoms with Gasteiger partial charge in [-0.15, -0.1) is 0 Å². The maximum atomic E-state index is 12.2. The van der Waals surface area contributed by atoms with Crippen LogP contribution in [0.15, 0.2) is 0 Å². The number of hydrogen-bond donors (Lipinski definition) is 1. The number of ether oxygens (including phenoxy) is 1. The molecule has 0 heterocycles. The summed E-state index contributed by atoms with van der Waals surface area (Å²) in [4.78, 5) is 0. The zero-order chi connectivity index (χ0) is 12.1. The third kappa shape index (κ3) is 4.64. The summed E-state index contributed by atoms with van der Waals surface area (Å²) in [6, 6.07) is 0. The summed E-state index contributed by atoms with van der Waals surface area (Å²) >= 11 is 4.18. The van der Waals surface area contributed by atoms with Crippen molar-refractivity contribution in [2.24, 2.45) is 5.41 Å². The first-order valence-corrected chi connectivity index (χ1v) is 5.73. The molecule has 0 rings (SSSR count). The highest BCUT2D eigenvalue weighted by molar-refractivity contribution is 7.80. The highest BCUT2D eigenvalue weighted by Crippen LogP contribution is 2.30. The minimum absolute atomic E-state index is 0.115. The number of hydrogen-bond acceptors (Lipinski definition) is 2. The summed E-state index contributed by atoms with van der Waals surface area (Å²) in [5.41, 5.74) is -0.234. The van der Waals surface area contributed by atoms with Crippen LogP contribution in [0.2, 0.25) is 0 Å². The fourth-order valence-corrected chi connectivity index (χ4v) is 1.66. The Labute approximate surface area is 94.8 Å². The van der Waals surface area contributed by atoms with Crippen molar-refractivity contribution in [1.82, 2.24) is 0 Å². The van der Waals surface area contributed by atoms with Crippen molar-refractivity contribution < 1.29 is 17.9 Å². The summed E-state index contributed by atoms with van der Waals surface area (Å²) in [5, 5.41) is 0. The Kier molecular flexibility index (Phi) is 6.03. The summed E-state index contributed by atoms with van der Waals surface area (Å²) in [5.74, 6) is 0.546. The normalized spacial score (nSPS) is 15.4. The van der Waals surface area contributed by atoms with Crippen LogP contribution >= 0.6 is 12.6 Å². The van der Waals surface area contributed by atoms with Crippen molar-refractivity contribution in [2.45, 2.75) is 45.9 Å². The Balaban J connectivity index is 4.23. The fourth-order valence-electron chi connectivity index (χ4n) is 1.12. The van der Waals surface area contributed by atoms with Crippen molar-refractivity contribution in [3.63, 3.8) is 0 Å². The Morgan fingerprint density at radius 1 is 1.20 bits per heavy atom. The molecule has 0 aliphatic carbocycles. The van der Waals surface area contributed by atoms with E-state index in [2.05, 4.69) is 12.6 Å². The van der Waals surface area contributed by atoms with Crippen LogP contribution in [0.5, 0.6) is 0 Å². The molecule has 0 aromatic heterocycles. The van der Waals surface area contributed by atoms with Gasteiger partial charge < -0.3 is 4.74 Å². The molecule has 0 aromatic carbocycles. The highest BCUT2D eigenvalue weighted by Gasteiger charge is 2.38. The van der Waals surface area contributed by atoms with Gasteiger partial charge in [-0.3, -0.25) is 0 Å². The van der Waals surface area contributed by atoms with Crippen LogP contribution in [0.4, 0.5) is 13.2 Å². The maximum absolute atomic E-state index is 12.2. The van der Waals surface area contributed by atoms with Crippen LogP contribution in [0.3, 0.4) is 0 Å². The van der Waals surface area contributed by atoms with Gasteiger partial charge in [0.1, 0.15) is 0 Å². The number of thiol groups is 1. The Morgan fingerprint density at radius 3 is 1.93 bits per heavy atom. The average molecular weight is 244 g/mol. The van der Waals surface area contributed by atoms with E-state index in [1.165, 1.54) is 0 Å². The molecule has 0 N–H and O–H groups in total. The first-order chi connectivity index (χ1) is 6.81. The summed E-state index contributed by atoms with van der Waals surface area (Å²) in [6.07, 6.45) is -4.42. The molecule has 0 fully saturated rings. The lowest BCUT2D eigenvalue weighted by Gasteiger charge is -2.31. The van der Waals surface area contributed by atoms with E-state index < -0.39 is 12.3 Å². The molecular formula is C10H19F3OS. The number of alkyl halides is 3. The molecule has 1 nitrogen and oxygen atoms in total. The quantitative estimate of drug-likeness (QED) is 0.701. The van der Waals surface area contributed by atoms with E-state index in [0.29, 0.717) is 5.75 Å². The first kappa shape index (κ1) is 15.1. The van der Waals surface area contributed by atoms with Gasteiger partial charge in [-0.1, -0.05) is 13.8 Å². The predicted molar refractivity (Wildman–Crippen MR) is 58.3 cm³/mol. The fraction of sp³-hybridized carbons (Fsp3) is 1.00. The van der Waals surface area contributed by atoms with Crippen molar-refractivity contribution >= 4 is 12.6 Å². The third-order valence-electron chi connectivity index (χ3n) is 2.94. The molecule has 0 radical (unpaired) electrons. The molecule has 0 spiro atoms. The topological polar surface area (TPSA) is 9.23 Å². The second kappa shape index (κ2) is 5.99. The van der Waals surface area contributed by atoms with Crippen molar-refractivity contribution in [2.75, 3.05) is 12.4 Å². The van der Waals surface area contributed by atoms with Gasteiger partial charge in [-0.25, -0.2) is 0 Å². The standard InChI is InChI=1S/C10H19F3OS/c1-4-9(5-2,7-15)6-14-8(3)10(11,12)13/h8,15H,4-7H2,1-3H3. The molecular weight excluding hydrogens is 225 g/mol. The molecule has 0 amide bonds. The van der Waals surface area contributed by atoms with E-state index in [1.54, 1.807) is 0 Å². The molecule has 1 unspecified atom stereocenters. The van der Waals surface area contributed by atoms with Crippen molar-refractivity contribution in [3.05, 3.63) is 0 Å². The first-order valence-electron chi connectivity index (χ1n) is 5.10. The van der Waals surface area contributed by atoms with Gasteiger partial charge in [0.25, 0.3) is 0 Å². The Bertz CT molecular complexity index is 170. The Morgan fingerprint density at radius 2 is 1.67 bits per heavy atom. The number of rotatable bonds is 6. The molecule has 92 valence electrons. The lowest BCUT2D eigenvalue weighted by atomic mass is 9.85. The van der Waals surface area contributed by atoms with E-state index in [4.69, 9.17) is 4.74 Å². The molecule has 0 saturated carbocycles. The van der Waals surface area contributed by atoms with E-state index >= 15 is 0 Å². The van der Waals surface area contributed by atoms with Crippen molar-refractivity contribution in [3.8, 4) is 0 Å². The van der Waals surface area contributed by atoms with E-state index in [-0.39, 0.29) is 12.0 Å². The van der Waals surface area contributed by atoms with Gasteiger partial charge in [-0.2, -0.15) is 25.8 Å². The summed E-state index contributed by atoms with van der Waals surface area (Å²) < 4.78 is 41.4. The molecule has 0 saturated heterocycles. The molecule has 0 aromatic rings. The van der Waals surface area contributed by atoms with Gasteiger partial charge in [-0.05, 0) is 25.5 Å². The predicted octanol–water partition coefficient (Wildman–Crippen LogP) is 3.69. The van der Waals surface area contributed by atoms with Crippen LogP contribution in [0.1, 0.15) is 33.6 Å². The second-order valence-electron chi connectivity index (χ2n) is 3.86. The van der Waals surface area contributed by atoms with Crippen LogP contribution in [0, 0.1) is 5.41 Å². The average Bonchev–Trinajstić information content (AvgIpc) is 2.19. The summed E-state index contributed by atoms with van der Waals surface area (Å²) in [6.45, 7) is 5.04. The molecule has 1 atom stereocenters. The van der Waals surface area contributed by atoms with E-state index in [1.807, 2.05) is 13.8 Å². The van der Waals surface area contributed by atoms with Gasteiger partial charge >= 0.3 is 6.18 Å². The minimum Gasteiger partial charge on any atom is -0.368 e. The monoisotopic (exact) mass is 244 g/mol. The lowest BCUT2D eigenvalue weighted by molar-refractivity contribution is -0.220. The van der Waals surface area contributed by atoms with E-state index in [9.17, 15) is 13.2 Å². The van der Waals surface area contributed by atoms with Crippen LogP contribution in [-0.4, -0.2) is 24.6 Å². The molecule has 0 aliphatic rings. The largest absolute Gasteiger partial charge is 0.414 e. The SMILES string of the molecule is CCC(CC)(CS)COC(C)C(F)(F)F. The second-order valence-corrected chi connectivity index (χ2v) is 4.18. The van der Waals surface area contributed by atoms with Crippen LogP contribution < -0.4 is 0 Å². The van der Waals surface area contributed by atoms with Crippen molar-refractivity contribution in [1.29, 1.82) is 0 Å². The van der Waals surface area contributed by atoms with Gasteiger partial charge in [0.2, 0.25) is 0 Å². The third-order valence-corrected chi connectivity index (χ3v) is 3.61. The number of halogens is 3. The molecule has 15 heavy (non-hydrogen) atoms. The zero-order valence-corrected chi connectivity index (χ0v) is 10.3. The van der Waals surface area contributed by atoms with Gasteiger partial charge in [0.15, 0.2) is 6.10 Å². The lowest BCUT2D eigenvalue weighted by Crippen LogP contribution is -2.35. The van der Waals surface area contributed by atoms with Gasteiger partial charge in [0, 0.05) is 5.41 Å². The van der Waals surface area contributed by atoms with E-state index in [0.717, 1.165) is 19.8 Å². The smallest absolute Gasteiger partial charge is 0.368 e. The zero-order valence-electron chi connectivity index (χ0n) is 9.40. The summed E-state index contributed by atoms with van der Waals surface area (Å²) in [7, 11) is 0. The molecule has 0 bridgehead atoms.